The Morgan fingerprint density at radius 2 is 1.30 bits per heavy atom. The molecule has 0 aliphatic carbocycles. The molecule has 3 aromatic rings. The molecule has 0 heterocycles. The number of carbonyl (C=O) groups is 3. The lowest BCUT2D eigenvalue weighted by molar-refractivity contribution is -0.118. The molecule has 3 aromatic carbocycles. The predicted molar refractivity (Wildman–Crippen MR) is 173 cm³/mol. The number of rotatable bonds is 9. The number of aromatic hydroxyl groups is 1. The van der Waals surface area contributed by atoms with Gasteiger partial charge in [0.25, 0.3) is 26.0 Å². The molecule has 0 aromatic heterocycles. The fourth-order valence-electron chi connectivity index (χ4n) is 4.44. The summed E-state index contributed by atoms with van der Waals surface area (Å²) < 4.78 is 60.8. The molecule has 0 unspecified atom stereocenters. The highest BCUT2D eigenvalue weighted by atomic mass is 35.5. The molecule has 0 atom stereocenters. The zero-order chi connectivity index (χ0) is 34.8. The number of amides is 2. The van der Waals surface area contributed by atoms with Crippen molar-refractivity contribution in [1.82, 2.24) is 9.44 Å². The Hall–Kier alpha value is -3.94. The maximum Gasteiger partial charge on any atom is 0.338 e. The summed E-state index contributed by atoms with van der Waals surface area (Å²) in [6, 6.07) is 11.0. The van der Waals surface area contributed by atoms with E-state index in [2.05, 4.69) is 0 Å². The Labute approximate surface area is 274 Å². The van der Waals surface area contributed by atoms with Crippen molar-refractivity contribution in [2.45, 2.75) is 75.5 Å². The third kappa shape index (κ3) is 8.65. The van der Waals surface area contributed by atoms with E-state index in [9.17, 15) is 36.3 Å². The SMILES string of the molecule is CCOC(=O)c1ccc(S(=O)(=O)NC(=O)c2ccc(Cl)c(S(=O)(=O)NC(=O)Cc3cc(C(C)(C)C)c(O)c(C(C)(C)C)c3)c2)cc1. The van der Waals surface area contributed by atoms with Crippen molar-refractivity contribution in [2.24, 2.45) is 0 Å². The number of carbonyl (C=O) groups excluding carboxylic acids is 3. The van der Waals surface area contributed by atoms with E-state index in [1.165, 1.54) is 12.1 Å². The van der Waals surface area contributed by atoms with Crippen LogP contribution in [0.2, 0.25) is 5.02 Å². The van der Waals surface area contributed by atoms with Gasteiger partial charge in [-0.25, -0.2) is 31.1 Å². The molecule has 248 valence electrons. The lowest BCUT2D eigenvalue weighted by Crippen LogP contribution is -2.33. The van der Waals surface area contributed by atoms with E-state index in [1.807, 2.05) is 51.0 Å². The first-order valence-corrected chi connectivity index (χ1v) is 17.5. The minimum atomic E-state index is -4.62. The number of phenolic OH excluding ortho intramolecular Hbond substituents is 1. The molecule has 0 saturated carbocycles. The lowest BCUT2D eigenvalue weighted by atomic mass is 9.78. The molecule has 14 heteroatoms. The second-order valence-electron chi connectivity index (χ2n) is 12.6. The Morgan fingerprint density at radius 1 is 0.783 bits per heavy atom. The number of esters is 1. The topological polar surface area (TPSA) is 173 Å². The van der Waals surface area contributed by atoms with Crippen LogP contribution in [-0.4, -0.2) is 46.3 Å². The van der Waals surface area contributed by atoms with Gasteiger partial charge in [0.05, 0.1) is 28.5 Å². The summed E-state index contributed by atoms with van der Waals surface area (Å²) in [5, 5.41) is 10.6. The van der Waals surface area contributed by atoms with Gasteiger partial charge in [0.15, 0.2) is 0 Å². The molecule has 2 amide bonds. The van der Waals surface area contributed by atoms with Gasteiger partial charge in [0.2, 0.25) is 5.91 Å². The highest BCUT2D eigenvalue weighted by molar-refractivity contribution is 7.90. The maximum absolute atomic E-state index is 13.2. The van der Waals surface area contributed by atoms with Crippen LogP contribution in [0, 0.1) is 0 Å². The molecule has 0 fully saturated rings. The molecule has 0 bridgehead atoms. The van der Waals surface area contributed by atoms with Crippen LogP contribution in [0.25, 0.3) is 0 Å². The fraction of sp³-hybridized carbons (Fsp3) is 0.344. The van der Waals surface area contributed by atoms with Crippen molar-refractivity contribution in [3.8, 4) is 5.75 Å². The van der Waals surface area contributed by atoms with Gasteiger partial charge in [-0.2, -0.15) is 0 Å². The first-order valence-electron chi connectivity index (χ1n) is 14.1. The summed E-state index contributed by atoms with van der Waals surface area (Å²) in [6.07, 6.45) is -0.351. The highest BCUT2D eigenvalue weighted by Crippen LogP contribution is 2.40. The molecule has 3 N–H and O–H groups in total. The number of hydrogen-bond acceptors (Lipinski definition) is 9. The molecule has 0 aliphatic rings. The molecular formula is C32H37ClN2O9S2. The highest BCUT2D eigenvalue weighted by Gasteiger charge is 2.29. The van der Waals surface area contributed by atoms with Gasteiger partial charge >= 0.3 is 5.97 Å². The number of ether oxygens (including phenoxy) is 1. The standard InChI is InChI=1S/C32H37ClN2O9S2/c1-8-44-30(39)20-9-12-22(13-10-20)45(40,41)35-29(38)21-11-14-25(33)26(18-21)46(42,43)34-27(36)17-19-15-23(31(2,3)4)28(37)24(16-19)32(5,6)7/h9-16,18,37H,8,17H2,1-7H3,(H,34,36)(H,35,38). The zero-order valence-electron chi connectivity index (χ0n) is 26.5. The molecule has 0 radical (unpaired) electrons. The number of halogens is 1. The summed E-state index contributed by atoms with van der Waals surface area (Å²) >= 11 is 6.13. The van der Waals surface area contributed by atoms with Crippen molar-refractivity contribution in [3.63, 3.8) is 0 Å². The summed E-state index contributed by atoms with van der Waals surface area (Å²) in [7, 11) is -9.05. The molecule has 0 spiro atoms. The Kier molecular flexibility index (Phi) is 10.7. The molecule has 0 saturated heterocycles. The van der Waals surface area contributed by atoms with Gasteiger partial charge in [-0.05, 0) is 76.9 Å². The zero-order valence-corrected chi connectivity index (χ0v) is 28.9. The molecular weight excluding hydrogens is 656 g/mol. The van der Waals surface area contributed by atoms with E-state index in [0.29, 0.717) is 16.7 Å². The van der Waals surface area contributed by atoms with Crippen LogP contribution in [-0.2, 0) is 46.8 Å². The molecule has 0 aliphatic heterocycles. The number of sulfonamides is 2. The molecule has 46 heavy (non-hydrogen) atoms. The lowest BCUT2D eigenvalue weighted by Gasteiger charge is -2.28. The molecule has 11 nitrogen and oxygen atoms in total. The quantitative estimate of drug-likeness (QED) is 0.261. The van der Waals surface area contributed by atoms with E-state index >= 15 is 0 Å². The van der Waals surface area contributed by atoms with Gasteiger partial charge in [-0.15, -0.1) is 0 Å². The average molecular weight is 693 g/mol. The van der Waals surface area contributed by atoms with E-state index in [4.69, 9.17) is 16.3 Å². The van der Waals surface area contributed by atoms with Crippen LogP contribution >= 0.6 is 11.6 Å². The van der Waals surface area contributed by atoms with Crippen molar-refractivity contribution in [1.29, 1.82) is 0 Å². The minimum absolute atomic E-state index is 0.106. The fourth-order valence-corrected chi connectivity index (χ4v) is 6.93. The summed E-state index contributed by atoms with van der Waals surface area (Å²) in [5.74, 6) is -2.60. The Morgan fingerprint density at radius 3 is 1.80 bits per heavy atom. The van der Waals surface area contributed by atoms with Crippen LogP contribution in [0.15, 0.2) is 64.4 Å². The second-order valence-corrected chi connectivity index (χ2v) is 16.3. The van der Waals surface area contributed by atoms with Gasteiger partial charge in [0, 0.05) is 5.56 Å². The van der Waals surface area contributed by atoms with E-state index in [-0.39, 0.29) is 39.8 Å². The second kappa shape index (κ2) is 13.4. The monoisotopic (exact) mass is 692 g/mol. The predicted octanol–water partition coefficient (Wildman–Crippen LogP) is 4.98. The third-order valence-corrected chi connectivity index (χ3v) is 9.99. The van der Waals surface area contributed by atoms with Crippen LogP contribution < -0.4 is 9.44 Å². The van der Waals surface area contributed by atoms with Crippen molar-refractivity contribution in [2.75, 3.05) is 6.61 Å². The first kappa shape index (κ1) is 36.5. The number of benzene rings is 3. The number of phenols is 1. The van der Waals surface area contributed by atoms with Gasteiger partial charge in [-0.3, -0.25) is 9.59 Å². The minimum Gasteiger partial charge on any atom is -0.507 e. The Bertz CT molecular complexity index is 1860. The molecule has 3 rings (SSSR count). The van der Waals surface area contributed by atoms with Crippen molar-refractivity contribution < 1.29 is 41.1 Å². The van der Waals surface area contributed by atoms with Crippen molar-refractivity contribution in [3.05, 3.63) is 87.4 Å². The third-order valence-electron chi connectivity index (χ3n) is 6.78. The van der Waals surface area contributed by atoms with Gasteiger partial charge < -0.3 is 9.84 Å². The van der Waals surface area contributed by atoms with Crippen LogP contribution in [0.1, 0.15) is 85.9 Å². The van der Waals surface area contributed by atoms with Crippen LogP contribution in [0.4, 0.5) is 0 Å². The smallest absolute Gasteiger partial charge is 0.338 e. The van der Waals surface area contributed by atoms with Gasteiger partial charge in [-0.1, -0.05) is 65.3 Å². The Balaban J connectivity index is 1.84. The van der Waals surface area contributed by atoms with Gasteiger partial charge in [0.1, 0.15) is 10.6 Å². The van der Waals surface area contributed by atoms with E-state index < -0.39 is 53.6 Å². The van der Waals surface area contributed by atoms with E-state index in [1.54, 1.807) is 19.1 Å². The normalized spacial score (nSPS) is 12.3. The maximum atomic E-state index is 13.2. The summed E-state index contributed by atoms with van der Waals surface area (Å²) in [4.78, 5) is 36.8. The summed E-state index contributed by atoms with van der Waals surface area (Å²) in [6.45, 7) is 13.2. The average Bonchev–Trinajstić information content (AvgIpc) is 2.92. The number of nitrogens with one attached hydrogen (secondary N) is 2. The number of hydrogen-bond donors (Lipinski definition) is 3. The largest absolute Gasteiger partial charge is 0.507 e. The summed E-state index contributed by atoms with van der Waals surface area (Å²) in [5.41, 5.74) is 0.450. The van der Waals surface area contributed by atoms with Crippen LogP contribution in [0.3, 0.4) is 0 Å². The van der Waals surface area contributed by atoms with E-state index in [0.717, 1.165) is 30.3 Å². The first-order chi connectivity index (χ1) is 21.1. The van der Waals surface area contributed by atoms with Crippen LogP contribution in [0.5, 0.6) is 5.75 Å². The van der Waals surface area contributed by atoms with Crippen molar-refractivity contribution >= 4 is 49.4 Å².